The number of carbonyl (C=O) groups excluding carboxylic acids is 1. The number of fused-ring (bicyclic) bond motifs is 1. The minimum Gasteiger partial charge on any atom is -0.352 e. The maximum atomic E-state index is 12.3. The predicted octanol–water partition coefficient (Wildman–Crippen LogP) is 3.13. The Morgan fingerprint density at radius 1 is 1.41 bits per heavy atom. The molecule has 4 nitrogen and oxygen atoms in total. The highest BCUT2D eigenvalue weighted by Gasteiger charge is 2.18. The number of aromatic nitrogens is 1. The van der Waals surface area contributed by atoms with E-state index >= 15 is 0 Å². The summed E-state index contributed by atoms with van der Waals surface area (Å²) in [7, 11) is 0. The Morgan fingerprint density at radius 3 is 2.86 bits per heavy atom. The number of benzene rings is 1. The van der Waals surface area contributed by atoms with Crippen LogP contribution in [-0.2, 0) is 17.8 Å². The van der Waals surface area contributed by atoms with Crippen LogP contribution in [-0.4, -0.2) is 16.5 Å². The third kappa shape index (κ3) is 2.71. The quantitative estimate of drug-likeness (QED) is 0.942. The highest BCUT2D eigenvalue weighted by Crippen LogP contribution is 2.25. The van der Waals surface area contributed by atoms with Crippen LogP contribution in [0.3, 0.4) is 0 Å². The van der Waals surface area contributed by atoms with Gasteiger partial charge in [0, 0.05) is 17.6 Å². The van der Waals surface area contributed by atoms with Gasteiger partial charge in [0.25, 0.3) is 0 Å². The number of aryl methyl sites for hydroxylation is 1. The Balaban J connectivity index is 1.89. The van der Waals surface area contributed by atoms with Crippen LogP contribution in [0.15, 0.2) is 24.4 Å². The molecule has 3 rings (SSSR count). The van der Waals surface area contributed by atoms with Crippen LogP contribution < -0.4 is 5.32 Å². The summed E-state index contributed by atoms with van der Waals surface area (Å²) in [5, 5.41) is 13.4. The Morgan fingerprint density at radius 2 is 2.18 bits per heavy atom. The first-order chi connectivity index (χ1) is 10.7. The zero-order valence-corrected chi connectivity index (χ0v) is 12.9. The normalized spacial score (nSPS) is 15.1. The largest absolute Gasteiger partial charge is 0.352 e. The summed E-state index contributed by atoms with van der Waals surface area (Å²) < 4.78 is 1.93. The van der Waals surface area contributed by atoms with E-state index in [1.165, 1.54) is 18.4 Å². The van der Waals surface area contributed by atoms with Crippen molar-refractivity contribution in [3.05, 3.63) is 35.5 Å². The summed E-state index contributed by atoms with van der Waals surface area (Å²) in [6.45, 7) is 2.38. The standard InChI is InChI=1S/C18H21N3O/c1-2-13-6-5-9-16-14(10-19)11-21(18(13)16)12-17(22)20-15-7-3-4-8-15/h5-6,9,11,15H,2-4,7-8,12H2,1H3,(H,20,22). The van der Waals surface area contributed by atoms with Crippen LogP contribution in [0.1, 0.15) is 43.7 Å². The minimum absolute atomic E-state index is 0.0409. The topological polar surface area (TPSA) is 57.8 Å². The van der Waals surface area contributed by atoms with Gasteiger partial charge in [-0.2, -0.15) is 5.26 Å². The number of nitrogens with one attached hydrogen (secondary N) is 1. The lowest BCUT2D eigenvalue weighted by atomic mass is 10.1. The first kappa shape index (κ1) is 14.6. The maximum absolute atomic E-state index is 12.3. The first-order valence-corrected chi connectivity index (χ1v) is 8.03. The Bertz CT molecular complexity index is 733. The fourth-order valence-corrected chi connectivity index (χ4v) is 3.44. The molecular formula is C18H21N3O. The molecule has 1 aliphatic rings. The molecule has 0 radical (unpaired) electrons. The fraction of sp³-hybridized carbons (Fsp3) is 0.444. The molecule has 1 fully saturated rings. The molecule has 1 saturated carbocycles. The second-order valence-corrected chi connectivity index (χ2v) is 6.00. The highest BCUT2D eigenvalue weighted by atomic mass is 16.2. The van der Waals surface area contributed by atoms with Gasteiger partial charge in [-0.15, -0.1) is 0 Å². The van der Waals surface area contributed by atoms with Gasteiger partial charge in [-0.3, -0.25) is 4.79 Å². The van der Waals surface area contributed by atoms with Gasteiger partial charge in [0.05, 0.1) is 11.1 Å². The fourth-order valence-electron chi connectivity index (χ4n) is 3.44. The first-order valence-electron chi connectivity index (χ1n) is 8.03. The van der Waals surface area contributed by atoms with Crippen LogP contribution in [0.25, 0.3) is 10.9 Å². The average Bonchev–Trinajstić information content (AvgIpc) is 3.15. The molecule has 22 heavy (non-hydrogen) atoms. The third-order valence-electron chi connectivity index (χ3n) is 4.52. The molecule has 0 atom stereocenters. The molecule has 114 valence electrons. The van der Waals surface area contributed by atoms with Crippen LogP contribution in [0.4, 0.5) is 0 Å². The molecule has 0 saturated heterocycles. The van der Waals surface area contributed by atoms with Gasteiger partial charge in [-0.1, -0.05) is 38.0 Å². The number of nitrogens with zero attached hydrogens (tertiary/aromatic N) is 2. The van der Waals surface area contributed by atoms with Crippen LogP contribution in [0, 0.1) is 11.3 Å². The smallest absolute Gasteiger partial charge is 0.240 e. The Hall–Kier alpha value is -2.28. The van der Waals surface area contributed by atoms with Crippen molar-refractivity contribution in [2.24, 2.45) is 0 Å². The second-order valence-electron chi connectivity index (χ2n) is 6.00. The number of hydrogen-bond donors (Lipinski definition) is 1. The molecule has 1 aliphatic carbocycles. The molecule has 1 amide bonds. The number of amides is 1. The second kappa shape index (κ2) is 6.23. The van der Waals surface area contributed by atoms with Crippen LogP contribution in [0.5, 0.6) is 0 Å². The Kier molecular flexibility index (Phi) is 4.15. The van der Waals surface area contributed by atoms with Crippen molar-refractivity contribution >= 4 is 16.8 Å². The lowest BCUT2D eigenvalue weighted by molar-refractivity contribution is -0.122. The molecule has 0 bridgehead atoms. The van der Waals surface area contributed by atoms with Gasteiger partial charge >= 0.3 is 0 Å². The zero-order valence-electron chi connectivity index (χ0n) is 12.9. The Labute approximate surface area is 130 Å². The van der Waals surface area contributed by atoms with Crippen molar-refractivity contribution in [1.29, 1.82) is 5.26 Å². The van der Waals surface area contributed by atoms with E-state index in [2.05, 4.69) is 24.4 Å². The van der Waals surface area contributed by atoms with E-state index in [-0.39, 0.29) is 12.5 Å². The van der Waals surface area contributed by atoms with Crippen molar-refractivity contribution in [1.82, 2.24) is 9.88 Å². The number of nitriles is 1. The molecule has 1 aromatic heterocycles. The summed E-state index contributed by atoms with van der Waals surface area (Å²) in [4.78, 5) is 12.3. The highest BCUT2D eigenvalue weighted by molar-refractivity contribution is 5.90. The predicted molar refractivity (Wildman–Crippen MR) is 86.4 cm³/mol. The summed E-state index contributed by atoms with van der Waals surface area (Å²) in [5.74, 6) is 0.0409. The van der Waals surface area contributed by atoms with Crippen molar-refractivity contribution in [3.63, 3.8) is 0 Å². The molecule has 4 heteroatoms. The number of carbonyl (C=O) groups is 1. The van der Waals surface area contributed by atoms with E-state index < -0.39 is 0 Å². The molecular weight excluding hydrogens is 274 g/mol. The van der Waals surface area contributed by atoms with Crippen molar-refractivity contribution in [2.45, 2.75) is 51.6 Å². The van der Waals surface area contributed by atoms with Crippen molar-refractivity contribution in [2.75, 3.05) is 0 Å². The summed E-state index contributed by atoms with van der Waals surface area (Å²) in [6, 6.07) is 8.56. The third-order valence-corrected chi connectivity index (χ3v) is 4.52. The van der Waals surface area contributed by atoms with Gasteiger partial charge in [0.1, 0.15) is 12.6 Å². The SMILES string of the molecule is CCc1cccc2c(C#N)cn(CC(=O)NC3CCCC3)c12. The van der Waals surface area contributed by atoms with Crippen LogP contribution >= 0.6 is 0 Å². The molecule has 1 N–H and O–H groups in total. The number of hydrogen-bond acceptors (Lipinski definition) is 2. The molecule has 0 aliphatic heterocycles. The van der Waals surface area contributed by atoms with E-state index in [1.54, 1.807) is 6.20 Å². The molecule has 0 spiro atoms. The summed E-state index contributed by atoms with van der Waals surface area (Å²) in [5.41, 5.74) is 2.83. The van der Waals surface area contributed by atoms with Gasteiger partial charge in [-0.05, 0) is 24.8 Å². The van der Waals surface area contributed by atoms with Crippen molar-refractivity contribution < 1.29 is 4.79 Å². The van der Waals surface area contributed by atoms with E-state index in [1.807, 2.05) is 16.7 Å². The zero-order chi connectivity index (χ0) is 15.5. The van der Waals surface area contributed by atoms with Crippen molar-refractivity contribution in [3.8, 4) is 6.07 Å². The number of para-hydroxylation sites is 1. The monoisotopic (exact) mass is 295 g/mol. The average molecular weight is 295 g/mol. The summed E-state index contributed by atoms with van der Waals surface area (Å²) in [6.07, 6.45) is 7.27. The minimum atomic E-state index is 0.0409. The van der Waals surface area contributed by atoms with Crippen LogP contribution in [0.2, 0.25) is 0 Å². The van der Waals surface area contributed by atoms with Gasteiger partial charge in [0.15, 0.2) is 0 Å². The van der Waals surface area contributed by atoms with E-state index in [0.29, 0.717) is 11.6 Å². The molecule has 1 heterocycles. The summed E-state index contributed by atoms with van der Waals surface area (Å²) >= 11 is 0. The number of rotatable bonds is 4. The molecule has 2 aromatic rings. The van der Waals surface area contributed by atoms with Gasteiger partial charge in [-0.25, -0.2) is 0 Å². The lowest BCUT2D eigenvalue weighted by Crippen LogP contribution is -2.35. The lowest BCUT2D eigenvalue weighted by Gasteiger charge is -2.13. The van der Waals surface area contributed by atoms with E-state index in [9.17, 15) is 10.1 Å². The van der Waals surface area contributed by atoms with Gasteiger partial charge < -0.3 is 9.88 Å². The van der Waals surface area contributed by atoms with E-state index in [0.717, 1.165) is 30.2 Å². The van der Waals surface area contributed by atoms with Gasteiger partial charge in [0.2, 0.25) is 5.91 Å². The van der Waals surface area contributed by atoms with E-state index in [4.69, 9.17) is 0 Å². The molecule has 0 unspecified atom stereocenters. The molecule has 1 aromatic carbocycles. The maximum Gasteiger partial charge on any atom is 0.240 e.